The lowest BCUT2D eigenvalue weighted by molar-refractivity contribution is -0.139. The smallest absolute Gasteiger partial charge is 0.309 e. The van der Waals surface area contributed by atoms with Gasteiger partial charge in [0.05, 0.1) is 13.5 Å². The number of carbonyl (C=O) groups excluding carboxylic acids is 1. The third-order valence-corrected chi connectivity index (χ3v) is 3.19. The minimum atomic E-state index is -0.221. The number of hydrogen-bond acceptors (Lipinski definition) is 4. The average molecular weight is 343 g/mol. The van der Waals surface area contributed by atoms with Crippen LogP contribution in [0, 0.1) is 0 Å². The van der Waals surface area contributed by atoms with Crippen LogP contribution in [0.2, 0.25) is 0 Å². The molecule has 4 nitrogen and oxygen atoms in total. The first-order valence-corrected chi connectivity index (χ1v) is 8.72. The Balaban J connectivity index is 0.000000970. The van der Waals surface area contributed by atoms with Gasteiger partial charge < -0.3 is 14.8 Å². The van der Waals surface area contributed by atoms with Gasteiger partial charge in [-0.1, -0.05) is 62.7 Å². The lowest BCUT2D eigenvalue weighted by Gasteiger charge is -2.08. The van der Waals surface area contributed by atoms with E-state index >= 15 is 0 Å². The molecule has 2 aromatic carbocycles. The van der Waals surface area contributed by atoms with Gasteiger partial charge in [0.15, 0.2) is 0 Å². The van der Waals surface area contributed by atoms with Crippen molar-refractivity contribution in [3.63, 3.8) is 0 Å². The number of carbonyl (C=O) groups is 1. The first kappa shape index (κ1) is 20.7. The van der Waals surface area contributed by atoms with Crippen molar-refractivity contribution in [1.82, 2.24) is 5.32 Å². The van der Waals surface area contributed by atoms with E-state index in [1.54, 1.807) is 0 Å². The summed E-state index contributed by atoms with van der Waals surface area (Å²) in [5.41, 5.74) is 2.10. The molecule has 0 aromatic heterocycles. The zero-order valence-electron chi connectivity index (χ0n) is 15.5. The molecule has 0 aliphatic rings. The third-order valence-electron chi connectivity index (χ3n) is 3.19. The van der Waals surface area contributed by atoms with Crippen LogP contribution in [0.25, 0.3) is 0 Å². The van der Waals surface area contributed by atoms with Gasteiger partial charge >= 0.3 is 5.97 Å². The van der Waals surface area contributed by atoms with Gasteiger partial charge in [0.1, 0.15) is 12.4 Å². The maximum absolute atomic E-state index is 11.3. The third kappa shape index (κ3) is 9.52. The second kappa shape index (κ2) is 13.0. The summed E-state index contributed by atoms with van der Waals surface area (Å²) < 4.78 is 10.3. The van der Waals surface area contributed by atoms with E-state index in [0.717, 1.165) is 30.0 Å². The van der Waals surface area contributed by atoms with E-state index in [2.05, 4.69) is 23.9 Å². The summed E-state index contributed by atoms with van der Waals surface area (Å²) in [6.45, 7) is 6.37. The molecule has 0 spiro atoms. The van der Waals surface area contributed by atoms with Gasteiger partial charge in [-0.2, -0.15) is 0 Å². The zero-order chi connectivity index (χ0) is 18.3. The standard InChI is InChI=1S/C18H21NO3.C3H8/c1-21-18(20)13-15-6-5-7-16(12-15)14-19-10-11-22-17-8-3-2-4-9-17;1-3-2/h2-9,12,19H,10-11,13-14H2,1H3;3H2,1-2H3. The van der Waals surface area contributed by atoms with Gasteiger partial charge in [-0.15, -0.1) is 0 Å². The Morgan fingerprint density at radius 1 is 1.00 bits per heavy atom. The van der Waals surface area contributed by atoms with Crippen LogP contribution in [-0.4, -0.2) is 26.2 Å². The highest BCUT2D eigenvalue weighted by atomic mass is 16.5. The Labute approximate surface area is 151 Å². The SMILES string of the molecule is CCC.COC(=O)Cc1cccc(CNCCOc2ccccc2)c1. The summed E-state index contributed by atoms with van der Waals surface area (Å²) in [6.07, 6.45) is 1.56. The van der Waals surface area contributed by atoms with Crippen LogP contribution in [0.5, 0.6) is 5.75 Å². The minimum absolute atomic E-state index is 0.221. The second-order valence-corrected chi connectivity index (χ2v) is 5.62. The van der Waals surface area contributed by atoms with Crippen LogP contribution in [0.15, 0.2) is 54.6 Å². The van der Waals surface area contributed by atoms with Crippen molar-refractivity contribution in [1.29, 1.82) is 0 Å². The molecule has 25 heavy (non-hydrogen) atoms. The first-order chi connectivity index (χ1) is 12.2. The highest BCUT2D eigenvalue weighted by molar-refractivity contribution is 5.72. The number of rotatable bonds is 8. The van der Waals surface area contributed by atoms with Crippen molar-refractivity contribution in [2.75, 3.05) is 20.3 Å². The van der Waals surface area contributed by atoms with Crippen molar-refractivity contribution in [3.05, 3.63) is 65.7 Å². The number of nitrogens with one attached hydrogen (secondary N) is 1. The van der Waals surface area contributed by atoms with Gasteiger partial charge in [-0.3, -0.25) is 4.79 Å². The Morgan fingerprint density at radius 2 is 1.68 bits per heavy atom. The van der Waals surface area contributed by atoms with E-state index in [1.165, 1.54) is 13.5 Å². The fraction of sp³-hybridized carbons (Fsp3) is 0.381. The largest absolute Gasteiger partial charge is 0.492 e. The number of esters is 1. The Morgan fingerprint density at radius 3 is 2.36 bits per heavy atom. The van der Waals surface area contributed by atoms with E-state index in [-0.39, 0.29) is 5.97 Å². The fourth-order valence-electron chi connectivity index (χ4n) is 2.08. The molecule has 0 saturated heterocycles. The second-order valence-electron chi connectivity index (χ2n) is 5.62. The molecule has 0 aliphatic carbocycles. The molecule has 0 radical (unpaired) electrons. The van der Waals surface area contributed by atoms with Crippen LogP contribution in [0.3, 0.4) is 0 Å². The van der Waals surface area contributed by atoms with Crippen molar-refractivity contribution in [3.8, 4) is 5.75 Å². The Kier molecular flexibility index (Phi) is 10.8. The Hall–Kier alpha value is -2.33. The monoisotopic (exact) mass is 343 g/mol. The van der Waals surface area contributed by atoms with E-state index in [0.29, 0.717) is 13.0 Å². The number of ether oxygens (including phenoxy) is 2. The van der Waals surface area contributed by atoms with E-state index in [4.69, 9.17) is 4.74 Å². The molecule has 136 valence electrons. The first-order valence-electron chi connectivity index (χ1n) is 8.72. The highest BCUT2D eigenvalue weighted by Gasteiger charge is 2.03. The minimum Gasteiger partial charge on any atom is -0.492 e. The van der Waals surface area contributed by atoms with Crippen LogP contribution >= 0.6 is 0 Å². The molecule has 0 unspecified atom stereocenters. The van der Waals surface area contributed by atoms with Crippen LogP contribution in [-0.2, 0) is 22.5 Å². The highest BCUT2D eigenvalue weighted by Crippen LogP contribution is 2.08. The summed E-state index contributed by atoms with van der Waals surface area (Å²) in [6, 6.07) is 17.7. The topological polar surface area (TPSA) is 47.6 Å². The molecule has 0 bridgehead atoms. The van der Waals surface area contributed by atoms with Crippen molar-refractivity contribution in [2.45, 2.75) is 33.2 Å². The van der Waals surface area contributed by atoms with Gasteiger partial charge in [0.25, 0.3) is 0 Å². The number of hydrogen-bond donors (Lipinski definition) is 1. The van der Waals surface area contributed by atoms with Gasteiger partial charge in [0, 0.05) is 13.1 Å². The summed E-state index contributed by atoms with van der Waals surface area (Å²) in [5, 5.41) is 3.33. The summed E-state index contributed by atoms with van der Waals surface area (Å²) in [5.74, 6) is 0.658. The fourth-order valence-corrected chi connectivity index (χ4v) is 2.08. The normalized spacial score (nSPS) is 9.72. The van der Waals surface area contributed by atoms with Gasteiger partial charge in [-0.05, 0) is 23.3 Å². The van der Waals surface area contributed by atoms with Crippen LogP contribution in [0.4, 0.5) is 0 Å². The molecule has 4 heteroatoms. The quantitative estimate of drug-likeness (QED) is 0.582. The van der Waals surface area contributed by atoms with Crippen LogP contribution < -0.4 is 10.1 Å². The molecule has 0 fully saturated rings. The van der Waals surface area contributed by atoms with Gasteiger partial charge in [-0.25, -0.2) is 0 Å². The number of methoxy groups -OCH3 is 1. The van der Waals surface area contributed by atoms with Crippen molar-refractivity contribution >= 4 is 5.97 Å². The van der Waals surface area contributed by atoms with Gasteiger partial charge in [0.2, 0.25) is 0 Å². The average Bonchev–Trinajstić information content (AvgIpc) is 2.63. The molecule has 1 N–H and O–H groups in total. The lowest BCUT2D eigenvalue weighted by Crippen LogP contribution is -2.20. The van der Waals surface area contributed by atoms with Crippen molar-refractivity contribution < 1.29 is 14.3 Å². The predicted molar refractivity (Wildman–Crippen MR) is 102 cm³/mol. The molecular weight excluding hydrogens is 314 g/mol. The molecule has 2 aromatic rings. The maximum Gasteiger partial charge on any atom is 0.309 e. The van der Waals surface area contributed by atoms with E-state index < -0.39 is 0 Å². The van der Waals surface area contributed by atoms with E-state index in [1.807, 2.05) is 54.6 Å². The zero-order valence-corrected chi connectivity index (χ0v) is 15.5. The molecule has 0 atom stereocenters. The summed E-state index contributed by atoms with van der Waals surface area (Å²) >= 11 is 0. The van der Waals surface area contributed by atoms with Crippen molar-refractivity contribution in [2.24, 2.45) is 0 Å². The lowest BCUT2D eigenvalue weighted by atomic mass is 10.1. The molecule has 0 aliphatic heterocycles. The molecule has 0 saturated carbocycles. The maximum atomic E-state index is 11.3. The molecule has 2 rings (SSSR count). The van der Waals surface area contributed by atoms with E-state index in [9.17, 15) is 4.79 Å². The van der Waals surface area contributed by atoms with Crippen LogP contribution in [0.1, 0.15) is 31.4 Å². The predicted octanol–water partition coefficient (Wildman–Crippen LogP) is 3.99. The molecule has 0 amide bonds. The molecular formula is C21H29NO3. The summed E-state index contributed by atoms with van der Waals surface area (Å²) in [7, 11) is 1.40. The summed E-state index contributed by atoms with van der Waals surface area (Å²) in [4.78, 5) is 11.3. The Bertz CT molecular complexity index is 599. The number of para-hydroxylation sites is 1. The number of benzene rings is 2. The molecule has 0 heterocycles.